The number of piperidine rings is 1. The van der Waals surface area contributed by atoms with Crippen LogP contribution in [0.5, 0.6) is 5.75 Å². The Hall–Kier alpha value is -3.74. The van der Waals surface area contributed by atoms with Crippen LogP contribution >= 0.6 is 11.3 Å². The molecule has 2 amide bonds. The molecule has 1 atom stereocenters. The molecule has 4 rings (SSSR count). The molecule has 0 radical (unpaired) electrons. The number of ether oxygens (including phenoxy) is 2. The van der Waals surface area contributed by atoms with Crippen molar-refractivity contribution in [3.8, 4) is 16.3 Å². The van der Waals surface area contributed by atoms with Crippen molar-refractivity contribution in [3.05, 3.63) is 58.6 Å². The van der Waals surface area contributed by atoms with Crippen LogP contribution in [0.1, 0.15) is 73.2 Å². The van der Waals surface area contributed by atoms with Gasteiger partial charge in [-0.05, 0) is 71.6 Å². The van der Waals surface area contributed by atoms with E-state index in [9.17, 15) is 22.8 Å². The second-order valence-electron chi connectivity index (χ2n) is 11.3. The summed E-state index contributed by atoms with van der Waals surface area (Å²) in [7, 11) is 0. The van der Waals surface area contributed by atoms with E-state index in [0.29, 0.717) is 42.1 Å². The molecule has 2 aromatic heterocycles. The molecule has 1 aliphatic rings. The van der Waals surface area contributed by atoms with E-state index in [1.165, 1.54) is 11.3 Å². The fourth-order valence-corrected chi connectivity index (χ4v) is 5.07. The highest BCUT2D eigenvalue weighted by molar-refractivity contribution is 7.14. The number of aromatic nitrogens is 3. The summed E-state index contributed by atoms with van der Waals surface area (Å²) in [6, 6.07) is 4.52. The fourth-order valence-electron chi connectivity index (χ4n) is 4.32. The summed E-state index contributed by atoms with van der Waals surface area (Å²) < 4.78 is 50.1. The number of benzene rings is 1. The van der Waals surface area contributed by atoms with Gasteiger partial charge in [0.05, 0.1) is 12.6 Å². The quantitative estimate of drug-likeness (QED) is 0.330. The Balaban J connectivity index is 1.44. The molecular weight excluding hydrogens is 571 g/mol. The molecule has 13 heteroatoms. The highest BCUT2D eigenvalue weighted by atomic mass is 32.1. The van der Waals surface area contributed by atoms with Gasteiger partial charge in [0.2, 0.25) is 5.82 Å². The molecule has 0 unspecified atom stereocenters. The molecule has 1 N–H and O–H groups in total. The van der Waals surface area contributed by atoms with Crippen LogP contribution in [0.3, 0.4) is 0 Å². The molecule has 1 aliphatic heterocycles. The van der Waals surface area contributed by atoms with Gasteiger partial charge < -0.3 is 19.7 Å². The number of aryl methyl sites for hydroxylation is 1. The van der Waals surface area contributed by atoms with E-state index >= 15 is 0 Å². The lowest BCUT2D eigenvalue weighted by atomic mass is 9.98. The first-order valence-electron chi connectivity index (χ1n) is 13.6. The van der Waals surface area contributed by atoms with Gasteiger partial charge in [-0.25, -0.2) is 19.7 Å². The number of nitrogens with zero attached hydrogens (tertiary/aromatic N) is 4. The Labute approximate surface area is 246 Å². The maximum Gasteiger partial charge on any atom is 0.451 e. The van der Waals surface area contributed by atoms with E-state index < -0.39 is 29.6 Å². The van der Waals surface area contributed by atoms with Crippen LogP contribution in [0.4, 0.5) is 18.0 Å². The maximum atomic E-state index is 13.2. The lowest BCUT2D eigenvalue weighted by Gasteiger charge is -2.33. The van der Waals surface area contributed by atoms with Crippen LogP contribution in [0.25, 0.3) is 10.6 Å². The van der Waals surface area contributed by atoms with Gasteiger partial charge in [0.15, 0.2) is 0 Å². The van der Waals surface area contributed by atoms with Crippen molar-refractivity contribution in [1.29, 1.82) is 0 Å². The summed E-state index contributed by atoms with van der Waals surface area (Å²) in [5.41, 5.74) is 0.804. The third kappa shape index (κ3) is 8.40. The van der Waals surface area contributed by atoms with Gasteiger partial charge in [0, 0.05) is 53.2 Å². The SMILES string of the molecule is Cc1cnc(-c2cc(OCC3CCN(C(=O)OC(C)(C)C)CC3)cc(C(=O)N[C@H](C)c3cnc(C(F)(F)F)nc3)c2)s1. The monoisotopic (exact) mass is 605 g/mol. The first-order valence-corrected chi connectivity index (χ1v) is 14.4. The number of carbonyl (C=O) groups is 2. The molecule has 1 fully saturated rings. The van der Waals surface area contributed by atoms with Crippen molar-refractivity contribution >= 4 is 23.3 Å². The van der Waals surface area contributed by atoms with Crippen LogP contribution in [0.15, 0.2) is 36.8 Å². The third-order valence-electron chi connectivity index (χ3n) is 6.56. The first kappa shape index (κ1) is 31.2. The number of thiazole rings is 1. The van der Waals surface area contributed by atoms with Crippen molar-refractivity contribution < 1.29 is 32.2 Å². The standard InChI is InChI=1S/C29H34F3N5O4S/c1-17-13-33-25(42-17)21-10-20(24(38)36-18(2)22-14-34-26(35-15-22)29(30,31)32)11-23(12-21)40-16-19-6-8-37(9-7-19)27(39)41-28(3,4)5/h10-15,18-19H,6-9,16H2,1-5H3,(H,36,38)/t18-/m1/s1. The van der Waals surface area contributed by atoms with Gasteiger partial charge in [-0.2, -0.15) is 13.2 Å². The number of alkyl halides is 3. The van der Waals surface area contributed by atoms with Crippen LogP contribution in [0, 0.1) is 12.8 Å². The Morgan fingerprint density at radius 2 is 1.74 bits per heavy atom. The van der Waals surface area contributed by atoms with Gasteiger partial charge in [-0.3, -0.25) is 4.79 Å². The Bertz CT molecular complexity index is 1400. The largest absolute Gasteiger partial charge is 0.493 e. The molecular formula is C29H34F3N5O4S. The minimum Gasteiger partial charge on any atom is -0.493 e. The minimum absolute atomic E-state index is 0.214. The Morgan fingerprint density at radius 1 is 1.07 bits per heavy atom. The predicted octanol–water partition coefficient (Wildman–Crippen LogP) is 6.44. The molecule has 0 spiro atoms. The smallest absolute Gasteiger partial charge is 0.451 e. The van der Waals surface area contributed by atoms with Crippen LogP contribution in [0.2, 0.25) is 0 Å². The number of likely N-dealkylation sites (tertiary alicyclic amines) is 1. The molecule has 1 saturated heterocycles. The first-order chi connectivity index (χ1) is 19.7. The van der Waals surface area contributed by atoms with Crippen molar-refractivity contribution in [2.24, 2.45) is 5.92 Å². The normalized spacial score (nSPS) is 15.3. The number of halogens is 3. The van der Waals surface area contributed by atoms with Crippen LogP contribution in [-0.2, 0) is 10.9 Å². The molecule has 0 bridgehead atoms. The number of hydrogen-bond acceptors (Lipinski definition) is 8. The van der Waals surface area contributed by atoms with Crippen molar-refractivity contribution in [1.82, 2.24) is 25.2 Å². The number of carbonyl (C=O) groups excluding carboxylic acids is 2. The second-order valence-corrected chi connectivity index (χ2v) is 12.5. The summed E-state index contributed by atoms with van der Waals surface area (Å²) >= 11 is 1.48. The summed E-state index contributed by atoms with van der Waals surface area (Å²) in [5, 5.41) is 3.52. The summed E-state index contributed by atoms with van der Waals surface area (Å²) in [4.78, 5) is 39.5. The van der Waals surface area contributed by atoms with Crippen LogP contribution < -0.4 is 10.1 Å². The summed E-state index contributed by atoms with van der Waals surface area (Å²) in [5.74, 6) is -0.974. The van der Waals surface area contributed by atoms with E-state index in [1.54, 1.807) is 30.2 Å². The van der Waals surface area contributed by atoms with E-state index in [1.807, 2.05) is 33.8 Å². The van der Waals surface area contributed by atoms with Gasteiger partial charge >= 0.3 is 12.3 Å². The molecule has 42 heavy (non-hydrogen) atoms. The average Bonchev–Trinajstić information content (AvgIpc) is 3.37. The maximum absolute atomic E-state index is 13.2. The van der Waals surface area contributed by atoms with Gasteiger partial charge in [-0.15, -0.1) is 11.3 Å². The zero-order valence-corrected chi connectivity index (χ0v) is 24.9. The highest BCUT2D eigenvalue weighted by Gasteiger charge is 2.34. The number of amides is 2. The van der Waals surface area contributed by atoms with E-state index in [0.717, 1.165) is 35.1 Å². The molecule has 0 aliphatic carbocycles. The Kier molecular flexibility index (Phi) is 9.39. The summed E-state index contributed by atoms with van der Waals surface area (Å²) in [6.07, 6.45) is 0.399. The molecule has 1 aromatic carbocycles. The highest BCUT2D eigenvalue weighted by Crippen LogP contribution is 2.31. The topological polar surface area (TPSA) is 107 Å². The van der Waals surface area contributed by atoms with Gasteiger partial charge in [-0.1, -0.05) is 0 Å². The lowest BCUT2D eigenvalue weighted by molar-refractivity contribution is -0.145. The number of hydrogen-bond donors (Lipinski definition) is 1. The van der Waals surface area contributed by atoms with E-state index in [2.05, 4.69) is 20.3 Å². The van der Waals surface area contributed by atoms with Gasteiger partial charge in [0.25, 0.3) is 5.91 Å². The minimum atomic E-state index is -4.65. The van der Waals surface area contributed by atoms with Crippen LogP contribution in [-0.4, -0.2) is 57.1 Å². The molecule has 226 valence electrons. The van der Waals surface area contributed by atoms with Gasteiger partial charge in [0.1, 0.15) is 16.4 Å². The molecule has 3 heterocycles. The van der Waals surface area contributed by atoms with E-state index in [4.69, 9.17) is 9.47 Å². The zero-order chi connectivity index (χ0) is 30.7. The number of nitrogens with one attached hydrogen (secondary N) is 1. The molecule has 9 nitrogen and oxygen atoms in total. The lowest BCUT2D eigenvalue weighted by Crippen LogP contribution is -2.42. The Morgan fingerprint density at radius 3 is 2.31 bits per heavy atom. The van der Waals surface area contributed by atoms with Crippen molar-refractivity contribution in [3.63, 3.8) is 0 Å². The molecule has 0 saturated carbocycles. The van der Waals surface area contributed by atoms with Crippen molar-refractivity contribution in [2.45, 2.75) is 65.3 Å². The van der Waals surface area contributed by atoms with E-state index in [-0.39, 0.29) is 12.0 Å². The second kappa shape index (κ2) is 12.6. The molecule has 3 aromatic rings. The summed E-state index contributed by atoms with van der Waals surface area (Å²) in [6.45, 7) is 10.6. The zero-order valence-electron chi connectivity index (χ0n) is 24.1. The predicted molar refractivity (Wildman–Crippen MR) is 151 cm³/mol. The van der Waals surface area contributed by atoms with Crippen molar-refractivity contribution in [2.75, 3.05) is 19.7 Å². The number of rotatable bonds is 7. The fraction of sp³-hybridized carbons (Fsp3) is 0.483. The third-order valence-corrected chi connectivity index (χ3v) is 7.52. The average molecular weight is 606 g/mol.